The summed E-state index contributed by atoms with van der Waals surface area (Å²) in [5.74, 6) is 0.0654. The van der Waals surface area contributed by atoms with E-state index in [-0.39, 0.29) is 15.7 Å². The maximum absolute atomic E-state index is 13.3. The molecule has 1 amide bonds. The average Bonchev–Trinajstić information content (AvgIpc) is 2.79. The van der Waals surface area contributed by atoms with E-state index in [0.29, 0.717) is 55.8 Å². The molecule has 6 rings (SSSR count). The molecule has 0 unspecified atom stereocenters. The Bertz CT molecular complexity index is 1120. The molecule has 1 N–H and O–H groups in total. The van der Waals surface area contributed by atoms with Crippen LogP contribution in [0.3, 0.4) is 0 Å². The number of hydrogen-bond donors (Lipinski definition) is 1. The molecule has 35 heavy (non-hydrogen) atoms. The number of sulfonamides is 1. The molecule has 3 atom stereocenters. The molecular formula is C25H33ClN2O6S. The van der Waals surface area contributed by atoms with E-state index in [4.69, 9.17) is 21.1 Å². The van der Waals surface area contributed by atoms with Crippen molar-refractivity contribution < 1.29 is 27.5 Å². The lowest BCUT2D eigenvalue weighted by Crippen LogP contribution is -2.57. The summed E-state index contributed by atoms with van der Waals surface area (Å²) in [4.78, 5) is 26.0. The molecule has 0 spiro atoms. The van der Waals surface area contributed by atoms with Gasteiger partial charge >= 0.3 is 5.97 Å². The second-order valence-electron chi connectivity index (χ2n) is 10.9. The topological polar surface area (TPSA) is 102 Å². The minimum atomic E-state index is -3.72. The fourth-order valence-corrected chi connectivity index (χ4v) is 9.21. The number of halogens is 1. The Morgan fingerprint density at radius 3 is 2.46 bits per heavy atom. The minimum Gasteiger partial charge on any atom is -0.452 e. The number of rotatable bonds is 6. The maximum atomic E-state index is 13.3. The van der Waals surface area contributed by atoms with Crippen molar-refractivity contribution >= 4 is 39.2 Å². The summed E-state index contributed by atoms with van der Waals surface area (Å²) >= 11 is 6.84. The number of anilines is 1. The number of morpholine rings is 1. The van der Waals surface area contributed by atoms with Gasteiger partial charge in [0.2, 0.25) is 10.0 Å². The van der Waals surface area contributed by atoms with Gasteiger partial charge in [-0.25, -0.2) is 8.42 Å². The highest BCUT2D eigenvalue weighted by molar-refractivity contribution is 7.89. The first-order chi connectivity index (χ1) is 16.5. The van der Waals surface area contributed by atoms with Crippen LogP contribution in [-0.4, -0.2) is 61.9 Å². The molecule has 5 fully saturated rings. The van der Waals surface area contributed by atoms with Gasteiger partial charge in [0.1, 0.15) is 0 Å². The lowest BCUT2D eigenvalue weighted by Gasteiger charge is -2.58. The third-order valence-corrected chi connectivity index (χ3v) is 10.6. The SMILES string of the molecule is Cc1ccc(NC(=O)[C@H](C)OC(=O)C23C[C@@H]4C[C@H](CC(Cl)(C4)C2)C3)cc1S(=O)(=O)N1CCOCC1. The molecule has 4 saturated carbocycles. The number of nitrogens with one attached hydrogen (secondary N) is 1. The van der Waals surface area contributed by atoms with Gasteiger partial charge in [-0.05, 0) is 81.9 Å². The number of carbonyl (C=O) groups excluding carboxylic acids is 2. The van der Waals surface area contributed by atoms with Crippen LogP contribution in [0.2, 0.25) is 0 Å². The van der Waals surface area contributed by atoms with Crippen LogP contribution in [0.5, 0.6) is 0 Å². The van der Waals surface area contributed by atoms with E-state index in [9.17, 15) is 18.0 Å². The molecule has 0 radical (unpaired) electrons. The van der Waals surface area contributed by atoms with Crippen LogP contribution >= 0.6 is 11.6 Å². The Morgan fingerprint density at radius 2 is 1.83 bits per heavy atom. The summed E-state index contributed by atoms with van der Waals surface area (Å²) in [7, 11) is -3.72. The van der Waals surface area contributed by atoms with Gasteiger partial charge in [0.15, 0.2) is 6.10 Å². The molecule has 4 bridgehead atoms. The van der Waals surface area contributed by atoms with Gasteiger partial charge in [-0.15, -0.1) is 11.6 Å². The Morgan fingerprint density at radius 1 is 1.17 bits per heavy atom. The molecule has 1 aromatic rings. The molecular weight excluding hydrogens is 492 g/mol. The summed E-state index contributed by atoms with van der Waals surface area (Å²) in [5.41, 5.74) is 0.333. The van der Waals surface area contributed by atoms with E-state index in [2.05, 4.69) is 5.32 Å². The predicted octanol–water partition coefficient (Wildman–Crippen LogP) is 3.46. The lowest BCUT2D eigenvalue weighted by molar-refractivity contribution is -0.176. The fourth-order valence-electron chi connectivity index (χ4n) is 6.85. The molecule has 1 aliphatic heterocycles. The summed E-state index contributed by atoms with van der Waals surface area (Å²) in [6.45, 7) is 4.55. The highest BCUT2D eigenvalue weighted by atomic mass is 35.5. The van der Waals surface area contributed by atoms with Crippen LogP contribution in [0, 0.1) is 24.2 Å². The Hall–Kier alpha value is -1.68. The molecule has 1 saturated heterocycles. The molecule has 192 valence electrons. The average molecular weight is 525 g/mol. The van der Waals surface area contributed by atoms with E-state index in [1.165, 1.54) is 10.4 Å². The van der Waals surface area contributed by atoms with Crippen LogP contribution in [0.1, 0.15) is 51.0 Å². The third kappa shape index (κ3) is 4.72. The van der Waals surface area contributed by atoms with E-state index >= 15 is 0 Å². The first-order valence-corrected chi connectivity index (χ1v) is 14.2. The van der Waals surface area contributed by atoms with Crippen LogP contribution < -0.4 is 5.32 Å². The molecule has 1 aromatic carbocycles. The molecule has 5 aliphatic rings. The van der Waals surface area contributed by atoms with Crippen molar-refractivity contribution in [3.8, 4) is 0 Å². The molecule has 8 nitrogen and oxygen atoms in total. The summed E-state index contributed by atoms with van der Waals surface area (Å²) in [6, 6.07) is 4.77. The normalized spacial score (nSPS) is 33.3. The highest BCUT2D eigenvalue weighted by Crippen LogP contribution is 2.64. The number of alkyl halides is 1. The maximum Gasteiger partial charge on any atom is 0.312 e. The van der Waals surface area contributed by atoms with Crippen molar-refractivity contribution in [1.82, 2.24) is 4.31 Å². The molecule has 4 aliphatic carbocycles. The third-order valence-electron chi connectivity index (χ3n) is 8.12. The number of benzene rings is 1. The number of nitrogens with zero attached hydrogens (tertiary/aromatic N) is 1. The Labute approximate surface area is 211 Å². The number of amides is 1. The van der Waals surface area contributed by atoms with Gasteiger partial charge in [0, 0.05) is 23.7 Å². The zero-order valence-electron chi connectivity index (χ0n) is 20.2. The van der Waals surface area contributed by atoms with Gasteiger partial charge < -0.3 is 14.8 Å². The monoisotopic (exact) mass is 524 g/mol. The summed E-state index contributed by atoms with van der Waals surface area (Å²) < 4.78 is 38.6. The summed E-state index contributed by atoms with van der Waals surface area (Å²) in [6.07, 6.45) is 4.21. The van der Waals surface area contributed by atoms with Gasteiger partial charge in [-0.3, -0.25) is 9.59 Å². The second kappa shape index (κ2) is 9.01. The van der Waals surface area contributed by atoms with Gasteiger partial charge in [-0.2, -0.15) is 4.31 Å². The number of ether oxygens (including phenoxy) is 2. The van der Waals surface area contributed by atoms with E-state index in [1.54, 1.807) is 26.0 Å². The zero-order chi connectivity index (χ0) is 25.0. The molecule has 0 aromatic heterocycles. The zero-order valence-corrected chi connectivity index (χ0v) is 21.8. The van der Waals surface area contributed by atoms with Crippen molar-refractivity contribution in [2.75, 3.05) is 31.6 Å². The largest absolute Gasteiger partial charge is 0.452 e. The highest BCUT2D eigenvalue weighted by Gasteiger charge is 2.61. The van der Waals surface area contributed by atoms with Crippen molar-refractivity contribution in [3.05, 3.63) is 23.8 Å². The quantitative estimate of drug-likeness (QED) is 0.451. The Kier molecular flexibility index (Phi) is 6.43. The first-order valence-electron chi connectivity index (χ1n) is 12.4. The smallest absolute Gasteiger partial charge is 0.312 e. The van der Waals surface area contributed by atoms with Crippen molar-refractivity contribution in [2.24, 2.45) is 17.3 Å². The lowest BCUT2D eigenvalue weighted by atomic mass is 9.49. The van der Waals surface area contributed by atoms with Crippen molar-refractivity contribution in [1.29, 1.82) is 0 Å². The van der Waals surface area contributed by atoms with E-state index in [0.717, 1.165) is 32.1 Å². The standard InChI is InChI=1S/C25H33ClN2O6S/c1-16-3-4-20(10-21(16)35(31,32)28-5-7-33-8-6-28)27-22(29)17(2)34-23(30)24-11-18-9-19(12-24)14-25(26,13-18)15-24/h3-4,10,17-19H,5-9,11-15H2,1-2H3,(H,27,29)/t17-,18-,19-,24?,25?/m0/s1. The van der Waals surface area contributed by atoms with Gasteiger partial charge in [0.05, 0.1) is 23.5 Å². The summed E-state index contributed by atoms with van der Waals surface area (Å²) in [5, 5.41) is 2.72. The van der Waals surface area contributed by atoms with Crippen LogP contribution in [0.4, 0.5) is 5.69 Å². The van der Waals surface area contributed by atoms with Gasteiger partial charge in [0.25, 0.3) is 5.91 Å². The van der Waals surface area contributed by atoms with Crippen LogP contribution in [0.15, 0.2) is 23.1 Å². The molecule has 1 heterocycles. The van der Waals surface area contributed by atoms with Crippen LogP contribution in [0.25, 0.3) is 0 Å². The molecule has 10 heteroatoms. The van der Waals surface area contributed by atoms with Crippen molar-refractivity contribution in [3.63, 3.8) is 0 Å². The number of esters is 1. The van der Waals surface area contributed by atoms with Crippen LogP contribution in [-0.2, 0) is 29.1 Å². The predicted molar refractivity (Wildman–Crippen MR) is 131 cm³/mol. The number of aryl methyl sites for hydroxylation is 1. The van der Waals surface area contributed by atoms with E-state index < -0.39 is 27.4 Å². The fraction of sp³-hybridized carbons (Fsp3) is 0.680. The number of carbonyl (C=O) groups is 2. The Balaban J connectivity index is 1.26. The second-order valence-corrected chi connectivity index (χ2v) is 13.6. The first kappa shape index (κ1) is 25.0. The van der Waals surface area contributed by atoms with Gasteiger partial charge in [-0.1, -0.05) is 6.07 Å². The van der Waals surface area contributed by atoms with E-state index in [1.807, 2.05) is 0 Å². The van der Waals surface area contributed by atoms with Crippen molar-refractivity contribution in [2.45, 2.75) is 68.2 Å². The minimum absolute atomic E-state index is 0.142. The number of hydrogen-bond acceptors (Lipinski definition) is 6.